The van der Waals surface area contributed by atoms with Gasteiger partial charge in [-0.1, -0.05) is 17.7 Å². The van der Waals surface area contributed by atoms with Crippen LogP contribution in [0, 0.1) is 0 Å². The summed E-state index contributed by atoms with van der Waals surface area (Å²) in [5, 5.41) is 3.25. The molecule has 5 heteroatoms. The van der Waals surface area contributed by atoms with Gasteiger partial charge in [0.2, 0.25) is 5.91 Å². The van der Waals surface area contributed by atoms with Crippen LogP contribution in [0.5, 0.6) is 5.75 Å². The van der Waals surface area contributed by atoms with E-state index in [2.05, 4.69) is 5.32 Å². The second kappa shape index (κ2) is 6.47. The van der Waals surface area contributed by atoms with Gasteiger partial charge < -0.3 is 15.8 Å². The van der Waals surface area contributed by atoms with E-state index in [9.17, 15) is 4.79 Å². The molecule has 3 N–H and O–H groups in total. The molecule has 0 bridgehead atoms. The Kier molecular flexibility index (Phi) is 5.25. The van der Waals surface area contributed by atoms with E-state index >= 15 is 0 Å². The summed E-state index contributed by atoms with van der Waals surface area (Å²) in [5.41, 5.74) is 6.35. The molecule has 4 nitrogen and oxygen atoms in total. The molecule has 17 heavy (non-hydrogen) atoms. The number of hydrogen-bond donors (Lipinski definition) is 2. The summed E-state index contributed by atoms with van der Waals surface area (Å²) >= 11 is 6.02. The lowest BCUT2D eigenvalue weighted by Gasteiger charge is -2.10. The number of halogens is 1. The molecule has 0 aliphatic rings. The van der Waals surface area contributed by atoms with Gasteiger partial charge in [-0.2, -0.15) is 0 Å². The number of ether oxygens (including phenoxy) is 1. The van der Waals surface area contributed by atoms with Gasteiger partial charge in [0.15, 0.2) is 0 Å². The summed E-state index contributed by atoms with van der Waals surface area (Å²) in [6.07, 6.45) is 0. The van der Waals surface area contributed by atoms with E-state index in [1.165, 1.54) is 0 Å². The predicted octanol–water partition coefficient (Wildman–Crippen LogP) is 1.70. The third kappa shape index (κ3) is 4.24. The monoisotopic (exact) mass is 256 g/mol. The zero-order valence-electron chi connectivity index (χ0n) is 10.00. The molecule has 1 atom stereocenters. The Morgan fingerprint density at radius 3 is 2.82 bits per heavy atom. The molecule has 0 saturated carbocycles. The third-order valence-corrected chi connectivity index (χ3v) is 2.47. The molecule has 1 amide bonds. The fraction of sp³-hybridized carbons (Fsp3) is 0.417. The van der Waals surface area contributed by atoms with Crippen molar-refractivity contribution in [2.45, 2.75) is 26.4 Å². The molecule has 1 rings (SSSR count). The van der Waals surface area contributed by atoms with E-state index in [1.54, 1.807) is 19.1 Å². The smallest absolute Gasteiger partial charge is 0.236 e. The van der Waals surface area contributed by atoms with Crippen molar-refractivity contribution < 1.29 is 9.53 Å². The first-order valence-electron chi connectivity index (χ1n) is 5.49. The van der Waals surface area contributed by atoms with E-state index in [4.69, 9.17) is 22.1 Å². The van der Waals surface area contributed by atoms with E-state index in [1.807, 2.05) is 13.0 Å². The summed E-state index contributed by atoms with van der Waals surface area (Å²) in [5.74, 6) is 0.464. The molecular formula is C12H17ClN2O2. The highest BCUT2D eigenvalue weighted by Gasteiger charge is 2.07. The Bertz CT molecular complexity index is 394. The van der Waals surface area contributed by atoms with Crippen molar-refractivity contribution in [1.82, 2.24) is 5.32 Å². The molecular weight excluding hydrogens is 240 g/mol. The van der Waals surface area contributed by atoms with Crippen LogP contribution in [0.15, 0.2) is 18.2 Å². The molecule has 0 spiro atoms. The molecule has 94 valence electrons. The van der Waals surface area contributed by atoms with Crippen LogP contribution in [-0.2, 0) is 11.3 Å². The van der Waals surface area contributed by atoms with Gasteiger partial charge in [-0.05, 0) is 31.5 Å². The van der Waals surface area contributed by atoms with Crippen LogP contribution in [0.1, 0.15) is 19.4 Å². The topological polar surface area (TPSA) is 64.3 Å². The quantitative estimate of drug-likeness (QED) is 0.843. The largest absolute Gasteiger partial charge is 0.492 e. The van der Waals surface area contributed by atoms with Gasteiger partial charge in [0.1, 0.15) is 5.75 Å². The van der Waals surface area contributed by atoms with Gasteiger partial charge in [-0.15, -0.1) is 0 Å². The van der Waals surface area contributed by atoms with Gasteiger partial charge >= 0.3 is 0 Å². The molecule has 0 aromatic heterocycles. The SMILES string of the molecule is CCOc1ccc(CNC(=O)C(C)N)cc1Cl. The van der Waals surface area contributed by atoms with Crippen molar-refractivity contribution in [3.8, 4) is 5.75 Å². The van der Waals surface area contributed by atoms with Crippen molar-refractivity contribution in [3.63, 3.8) is 0 Å². The zero-order chi connectivity index (χ0) is 12.8. The summed E-state index contributed by atoms with van der Waals surface area (Å²) < 4.78 is 5.32. The number of carbonyl (C=O) groups is 1. The van der Waals surface area contributed by atoms with Gasteiger partial charge in [-0.25, -0.2) is 0 Å². The Morgan fingerprint density at radius 1 is 1.59 bits per heavy atom. The summed E-state index contributed by atoms with van der Waals surface area (Å²) in [6.45, 7) is 4.51. The van der Waals surface area contributed by atoms with Crippen molar-refractivity contribution in [3.05, 3.63) is 28.8 Å². The van der Waals surface area contributed by atoms with Crippen molar-refractivity contribution >= 4 is 17.5 Å². The first-order chi connectivity index (χ1) is 8.04. The van der Waals surface area contributed by atoms with E-state index in [0.29, 0.717) is 23.9 Å². The third-order valence-electron chi connectivity index (χ3n) is 2.18. The van der Waals surface area contributed by atoms with Gasteiger partial charge in [0, 0.05) is 6.54 Å². The van der Waals surface area contributed by atoms with Gasteiger partial charge in [-0.3, -0.25) is 4.79 Å². The lowest BCUT2D eigenvalue weighted by Crippen LogP contribution is -2.37. The lowest BCUT2D eigenvalue weighted by atomic mass is 10.2. The highest BCUT2D eigenvalue weighted by atomic mass is 35.5. The second-order valence-corrected chi connectivity index (χ2v) is 4.11. The van der Waals surface area contributed by atoms with Gasteiger partial charge in [0.05, 0.1) is 17.7 Å². The number of rotatable bonds is 5. The highest BCUT2D eigenvalue weighted by molar-refractivity contribution is 6.32. The molecule has 0 radical (unpaired) electrons. The number of nitrogens with one attached hydrogen (secondary N) is 1. The number of benzene rings is 1. The van der Waals surface area contributed by atoms with Crippen molar-refractivity contribution in [2.75, 3.05) is 6.61 Å². The minimum atomic E-state index is -0.506. The highest BCUT2D eigenvalue weighted by Crippen LogP contribution is 2.25. The Morgan fingerprint density at radius 2 is 2.29 bits per heavy atom. The van der Waals surface area contributed by atoms with Crippen LogP contribution in [0.4, 0.5) is 0 Å². The number of nitrogens with two attached hydrogens (primary N) is 1. The number of amides is 1. The first kappa shape index (κ1) is 13.8. The van der Waals surface area contributed by atoms with Crippen LogP contribution in [0.3, 0.4) is 0 Å². The maximum atomic E-state index is 11.3. The average Bonchev–Trinajstić information content (AvgIpc) is 2.29. The molecule has 0 aliphatic carbocycles. The Hall–Kier alpha value is -1.26. The van der Waals surface area contributed by atoms with Crippen molar-refractivity contribution in [2.24, 2.45) is 5.73 Å². The van der Waals surface area contributed by atoms with E-state index in [0.717, 1.165) is 5.56 Å². The zero-order valence-corrected chi connectivity index (χ0v) is 10.8. The number of carbonyl (C=O) groups excluding carboxylic acids is 1. The van der Waals surface area contributed by atoms with Crippen molar-refractivity contribution in [1.29, 1.82) is 0 Å². The standard InChI is InChI=1S/C12H17ClN2O2/c1-3-17-11-5-4-9(6-10(11)13)7-15-12(16)8(2)14/h4-6,8H,3,7,14H2,1-2H3,(H,15,16). The van der Waals surface area contributed by atoms with Crippen LogP contribution < -0.4 is 15.8 Å². The normalized spacial score (nSPS) is 12.0. The minimum Gasteiger partial charge on any atom is -0.492 e. The van der Waals surface area contributed by atoms with Crippen LogP contribution >= 0.6 is 11.6 Å². The molecule has 1 aromatic carbocycles. The number of hydrogen-bond acceptors (Lipinski definition) is 3. The fourth-order valence-electron chi connectivity index (χ4n) is 1.28. The molecule has 0 fully saturated rings. The Labute approximate surface area is 106 Å². The molecule has 0 aliphatic heterocycles. The maximum Gasteiger partial charge on any atom is 0.236 e. The molecule has 0 heterocycles. The summed E-state index contributed by atoms with van der Waals surface area (Å²) in [7, 11) is 0. The summed E-state index contributed by atoms with van der Waals surface area (Å²) in [6, 6.07) is 4.92. The predicted molar refractivity (Wildman–Crippen MR) is 68.1 cm³/mol. The lowest BCUT2D eigenvalue weighted by molar-refractivity contribution is -0.122. The molecule has 1 aromatic rings. The Balaban J connectivity index is 2.61. The maximum absolute atomic E-state index is 11.3. The fourth-order valence-corrected chi connectivity index (χ4v) is 1.53. The average molecular weight is 257 g/mol. The van der Waals surface area contributed by atoms with E-state index < -0.39 is 6.04 Å². The van der Waals surface area contributed by atoms with Gasteiger partial charge in [0.25, 0.3) is 0 Å². The summed E-state index contributed by atoms with van der Waals surface area (Å²) in [4.78, 5) is 11.3. The van der Waals surface area contributed by atoms with E-state index in [-0.39, 0.29) is 5.91 Å². The second-order valence-electron chi connectivity index (χ2n) is 3.70. The molecule has 1 unspecified atom stereocenters. The van der Waals surface area contributed by atoms with Crippen LogP contribution in [-0.4, -0.2) is 18.6 Å². The minimum absolute atomic E-state index is 0.185. The molecule has 0 saturated heterocycles. The van der Waals surface area contributed by atoms with Crippen LogP contribution in [0.25, 0.3) is 0 Å². The first-order valence-corrected chi connectivity index (χ1v) is 5.87. The van der Waals surface area contributed by atoms with Crippen LogP contribution in [0.2, 0.25) is 5.02 Å².